The summed E-state index contributed by atoms with van der Waals surface area (Å²) < 4.78 is 5.15. The molecule has 18 heavy (non-hydrogen) atoms. The van der Waals surface area contributed by atoms with Crippen LogP contribution in [0.1, 0.15) is 17.5 Å². The average Bonchev–Trinajstić information content (AvgIpc) is 2.28. The maximum absolute atomic E-state index is 11.5. The molecule has 98 valence electrons. The number of methoxy groups -OCH3 is 1. The molecule has 5 nitrogen and oxygen atoms in total. The van der Waals surface area contributed by atoms with Gasteiger partial charge in [0.05, 0.1) is 7.11 Å². The van der Waals surface area contributed by atoms with Gasteiger partial charge in [0.1, 0.15) is 12.2 Å². The maximum Gasteiger partial charge on any atom is 0.312 e. The van der Waals surface area contributed by atoms with Crippen LogP contribution in [0.15, 0.2) is 18.2 Å². The van der Waals surface area contributed by atoms with Crippen LogP contribution in [-0.4, -0.2) is 36.0 Å². The third-order valence-electron chi connectivity index (χ3n) is 2.61. The quantitative estimate of drug-likeness (QED) is 0.804. The molecule has 0 aliphatic rings. The van der Waals surface area contributed by atoms with Crippen molar-refractivity contribution in [2.24, 2.45) is 0 Å². The molecule has 0 saturated carbocycles. The molecule has 1 N–H and O–H groups in total. The van der Waals surface area contributed by atoms with Crippen LogP contribution in [0, 0.1) is 6.92 Å². The summed E-state index contributed by atoms with van der Waals surface area (Å²) in [6.07, 6.45) is -0.481. The third kappa shape index (κ3) is 3.76. The summed E-state index contributed by atoms with van der Waals surface area (Å²) in [5.74, 6) is -0.730. The van der Waals surface area contributed by atoms with Crippen molar-refractivity contribution in [1.82, 2.24) is 4.90 Å². The highest BCUT2D eigenvalue weighted by molar-refractivity contribution is 5.93. The lowest BCUT2D eigenvalue weighted by molar-refractivity contribution is -0.143. The van der Waals surface area contributed by atoms with Gasteiger partial charge < -0.3 is 14.7 Å². The number of rotatable bonds is 5. The van der Waals surface area contributed by atoms with E-state index in [0.717, 1.165) is 16.9 Å². The third-order valence-corrected chi connectivity index (χ3v) is 2.61. The van der Waals surface area contributed by atoms with E-state index in [2.05, 4.69) is 0 Å². The lowest BCUT2D eigenvalue weighted by Crippen LogP contribution is -2.28. The average molecular weight is 251 g/mol. The van der Waals surface area contributed by atoms with Gasteiger partial charge in [0.2, 0.25) is 5.91 Å². The van der Waals surface area contributed by atoms with Gasteiger partial charge in [0, 0.05) is 13.6 Å². The summed E-state index contributed by atoms with van der Waals surface area (Å²) >= 11 is 0. The maximum atomic E-state index is 11.5. The molecule has 1 amide bonds. The highest BCUT2D eigenvalue weighted by atomic mass is 16.5. The zero-order valence-electron chi connectivity index (χ0n) is 10.8. The summed E-state index contributed by atoms with van der Waals surface area (Å²) in [5.41, 5.74) is 1.92. The number of aryl methyl sites for hydroxylation is 1. The smallest absolute Gasteiger partial charge is 0.312 e. The van der Waals surface area contributed by atoms with Gasteiger partial charge in [-0.2, -0.15) is 0 Å². The number of benzene rings is 1. The summed E-state index contributed by atoms with van der Waals surface area (Å²) in [6.45, 7) is 2.30. The lowest BCUT2D eigenvalue weighted by atomic mass is 10.1. The Labute approximate surface area is 106 Å². The van der Waals surface area contributed by atoms with Crippen molar-refractivity contribution in [1.29, 1.82) is 0 Å². The second kappa shape index (κ2) is 6.05. The second-order valence-electron chi connectivity index (χ2n) is 4.12. The number of amides is 1. The van der Waals surface area contributed by atoms with E-state index in [9.17, 15) is 9.59 Å². The van der Waals surface area contributed by atoms with Gasteiger partial charge >= 0.3 is 5.97 Å². The van der Waals surface area contributed by atoms with Gasteiger partial charge in [-0.25, -0.2) is 0 Å². The fraction of sp³-hybridized carbons (Fsp3) is 0.385. The van der Waals surface area contributed by atoms with Crippen molar-refractivity contribution >= 4 is 11.9 Å². The van der Waals surface area contributed by atoms with Gasteiger partial charge in [-0.1, -0.05) is 12.1 Å². The fourth-order valence-electron chi connectivity index (χ4n) is 1.67. The molecule has 0 heterocycles. The van der Waals surface area contributed by atoms with Crippen LogP contribution >= 0.6 is 0 Å². The number of nitrogens with zero attached hydrogens (tertiary/aromatic N) is 1. The van der Waals surface area contributed by atoms with E-state index in [1.807, 2.05) is 25.1 Å². The van der Waals surface area contributed by atoms with E-state index in [4.69, 9.17) is 9.84 Å². The minimum atomic E-state index is -1.11. The molecule has 0 atom stereocenters. The number of carboxylic acids is 1. The predicted molar refractivity (Wildman–Crippen MR) is 66.5 cm³/mol. The van der Waals surface area contributed by atoms with E-state index in [0.29, 0.717) is 6.54 Å². The molecule has 0 fully saturated rings. The number of aliphatic carboxylic acids is 1. The Morgan fingerprint density at radius 1 is 1.39 bits per heavy atom. The Morgan fingerprint density at radius 2 is 2.06 bits per heavy atom. The Hall–Kier alpha value is -2.04. The van der Waals surface area contributed by atoms with Gasteiger partial charge in [0.25, 0.3) is 0 Å². The molecule has 0 spiro atoms. The molecule has 1 rings (SSSR count). The highest BCUT2D eigenvalue weighted by Gasteiger charge is 2.13. The molecule has 1 aromatic carbocycles. The first kappa shape index (κ1) is 14.0. The second-order valence-corrected chi connectivity index (χ2v) is 4.12. The van der Waals surface area contributed by atoms with E-state index >= 15 is 0 Å². The van der Waals surface area contributed by atoms with Crippen molar-refractivity contribution in [3.8, 4) is 5.75 Å². The van der Waals surface area contributed by atoms with Crippen LogP contribution in [0.25, 0.3) is 0 Å². The zero-order valence-corrected chi connectivity index (χ0v) is 10.8. The first-order chi connectivity index (χ1) is 8.43. The van der Waals surface area contributed by atoms with Crippen molar-refractivity contribution in [3.63, 3.8) is 0 Å². The van der Waals surface area contributed by atoms with Crippen LogP contribution in [0.2, 0.25) is 0 Å². The van der Waals surface area contributed by atoms with Crippen LogP contribution in [0.3, 0.4) is 0 Å². The molecule has 0 bridgehead atoms. The van der Waals surface area contributed by atoms with Crippen LogP contribution < -0.4 is 4.74 Å². The summed E-state index contributed by atoms with van der Waals surface area (Å²) in [5, 5.41) is 8.55. The monoisotopic (exact) mass is 251 g/mol. The SMILES string of the molecule is COc1ccc(CN(C)C(=O)CC(=O)O)cc1C. The van der Waals surface area contributed by atoms with Gasteiger partial charge in [-0.3, -0.25) is 9.59 Å². The summed E-state index contributed by atoms with van der Waals surface area (Å²) in [6, 6.07) is 5.61. The molecule has 0 aliphatic carbocycles. The van der Waals surface area contributed by atoms with Gasteiger partial charge in [-0.05, 0) is 24.1 Å². The molecule has 0 aromatic heterocycles. The number of carboxylic acid groups (broad SMARTS) is 1. The molecule has 0 unspecified atom stereocenters. The Bertz CT molecular complexity index is 456. The molecular weight excluding hydrogens is 234 g/mol. The summed E-state index contributed by atoms with van der Waals surface area (Å²) in [7, 11) is 3.19. The van der Waals surface area contributed by atoms with Gasteiger partial charge in [0.15, 0.2) is 0 Å². The van der Waals surface area contributed by atoms with Crippen LogP contribution in [-0.2, 0) is 16.1 Å². The van der Waals surface area contributed by atoms with E-state index in [-0.39, 0.29) is 0 Å². The van der Waals surface area contributed by atoms with Crippen LogP contribution in [0.4, 0.5) is 0 Å². The molecule has 0 aliphatic heterocycles. The van der Waals surface area contributed by atoms with E-state index < -0.39 is 18.3 Å². The standard InChI is InChI=1S/C13H17NO4/c1-9-6-10(4-5-11(9)18-3)8-14(2)12(15)7-13(16)17/h4-6H,7-8H2,1-3H3,(H,16,17). The number of carbonyl (C=O) groups excluding carboxylic acids is 1. The topological polar surface area (TPSA) is 66.8 Å². The van der Waals surface area contributed by atoms with Crippen molar-refractivity contribution in [2.45, 2.75) is 19.9 Å². The Balaban J connectivity index is 2.70. The van der Waals surface area contributed by atoms with E-state index in [1.165, 1.54) is 4.90 Å². The Morgan fingerprint density at radius 3 is 2.56 bits per heavy atom. The normalized spacial score (nSPS) is 9.94. The lowest BCUT2D eigenvalue weighted by Gasteiger charge is -2.17. The number of carbonyl (C=O) groups is 2. The minimum absolute atomic E-state index is 0.386. The molecule has 1 aromatic rings. The molecule has 5 heteroatoms. The highest BCUT2D eigenvalue weighted by Crippen LogP contribution is 2.19. The number of hydrogen-bond acceptors (Lipinski definition) is 3. The Kier molecular flexibility index (Phi) is 4.71. The minimum Gasteiger partial charge on any atom is -0.496 e. The van der Waals surface area contributed by atoms with Gasteiger partial charge in [-0.15, -0.1) is 0 Å². The number of hydrogen-bond donors (Lipinski definition) is 1. The molecule has 0 radical (unpaired) electrons. The van der Waals surface area contributed by atoms with Crippen LogP contribution in [0.5, 0.6) is 5.75 Å². The fourth-order valence-corrected chi connectivity index (χ4v) is 1.67. The molecular formula is C13H17NO4. The van der Waals surface area contributed by atoms with E-state index in [1.54, 1.807) is 14.2 Å². The summed E-state index contributed by atoms with van der Waals surface area (Å²) in [4.78, 5) is 23.3. The van der Waals surface area contributed by atoms with Crippen molar-refractivity contribution in [3.05, 3.63) is 29.3 Å². The zero-order chi connectivity index (χ0) is 13.7. The first-order valence-electron chi connectivity index (χ1n) is 5.53. The van der Waals surface area contributed by atoms with Crippen molar-refractivity contribution < 1.29 is 19.4 Å². The molecule has 0 saturated heterocycles. The predicted octanol–water partition coefficient (Wildman–Crippen LogP) is 1.44. The number of ether oxygens (including phenoxy) is 1. The van der Waals surface area contributed by atoms with Crippen molar-refractivity contribution in [2.75, 3.05) is 14.2 Å². The largest absolute Gasteiger partial charge is 0.496 e. The first-order valence-corrected chi connectivity index (χ1v) is 5.53.